The third-order valence-corrected chi connectivity index (χ3v) is 0.968. The smallest absolute Gasteiger partial charge is 0.371 e. The lowest BCUT2D eigenvalue weighted by atomic mass is 10.4. The van der Waals surface area contributed by atoms with Crippen molar-refractivity contribution >= 4 is 18.2 Å². The fourth-order valence-corrected chi connectivity index (χ4v) is 0.385. The lowest BCUT2D eigenvalue weighted by Crippen LogP contribution is -2.05. The van der Waals surface area contributed by atoms with Crippen molar-refractivity contribution in [3.63, 3.8) is 0 Å². The van der Waals surface area contributed by atoms with E-state index >= 15 is 0 Å². The molecule has 0 unspecified atom stereocenters. The first-order valence-corrected chi connectivity index (χ1v) is 3.88. The number of hydrogen-bond acceptors (Lipinski definition) is 3. The van der Waals surface area contributed by atoms with Crippen LogP contribution in [-0.2, 0) is 14.4 Å². The van der Waals surface area contributed by atoms with Crippen LogP contribution in [0.15, 0.2) is 36.4 Å². The Hall–Kier alpha value is -2.17. The Bertz CT molecular complexity index is 242. The van der Waals surface area contributed by atoms with Crippen LogP contribution in [0.25, 0.3) is 0 Å². The van der Waals surface area contributed by atoms with Crippen molar-refractivity contribution in [1.82, 2.24) is 0 Å². The minimum Gasteiger partial charge on any atom is -0.483 e. The fraction of sp³-hybridized carbons (Fsp3) is 0.100. The number of hydrogen-bond donors (Lipinski definition) is 2. The summed E-state index contributed by atoms with van der Waals surface area (Å²) in [5.74, 6) is -2.20. The molecule has 15 heavy (non-hydrogen) atoms. The third-order valence-electron chi connectivity index (χ3n) is 0.968. The van der Waals surface area contributed by atoms with E-state index in [0.29, 0.717) is 0 Å². The Kier molecular flexibility index (Phi) is 12.1. The van der Waals surface area contributed by atoms with Crippen LogP contribution >= 0.6 is 0 Å². The molecule has 1 rings (SSSR count). The highest BCUT2D eigenvalue weighted by Gasteiger charge is 1.98. The van der Waals surface area contributed by atoms with Gasteiger partial charge in [0.05, 0.1) is 0 Å². The predicted molar refractivity (Wildman–Crippen MR) is 53.5 cm³/mol. The van der Waals surface area contributed by atoms with Crippen molar-refractivity contribution < 1.29 is 24.6 Å². The van der Waals surface area contributed by atoms with Crippen LogP contribution in [0.3, 0.4) is 0 Å². The van der Waals surface area contributed by atoms with Gasteiger partial charge >= 0.3 is 5.97 Å². The van der Waals surface area contributed by atoms with E-state index in [1.165, 1.54) is 0 Å². The highest BCUT2D eigenvalue weighted by atomic mass is 16.4. The normalized spacial score (nSPS) is 7.00. The molecule has 0 saturated heterocycles. The summed E-state index contributed by atoms with van der Waals surface area (Å²) < 4.78 is 0. The first-order chi connectivity index (χ1) is 7.06. The van der Waals surface area contributed by atoms with Gasteiger partial charge in [-0.15, -0.1) is 0 Å². The highest BCUT2D eigenvalue weighted by Crippen LogP contribution is 1.79. The first-order valence-electron chi connectivity index (χ1n) is 3.88. The molecule has 0 aliphatic rings. The number of carboxylic acid groups (broad SMARTS) is 2. The summed E-state index contributed by atoms with van der Waals surface area (Å²) >= 11 is 0. The lowest BCUT2D eigenvalue weighted by molar-refractivity contribution is -0.148. The molecule has 1 aromatic carbocycles. The van der Waals surface area contributed by atoms with Crippen LogP contribution in [0.1, 0.15) is 6.92 Å². The maximum Gasteiger partial charge on any atom is 0.371 e. The number of carboxylic acids is 1. The van der Waals surface area contributed by atoms with E-state index in [-0.39, 0.29) is 6.47 Å². The standard InChI is InChI=1S/C6H6.C3H4O3.CH2O2/c1-2-4-6-5-3-1;1-2(4)3(5)6;2-1-3/h1-6H;1H3,(H,5,6);1H,(H,2,3). The lowest BCUT2D eigenvalue weighted by Gasteiger charge is -1.73. The van der Waals surface area contributed by atoms with Gasteiger partial charge in [-0.1, -0.05) is 36.4 Å². The summed E-state index contributed by atoms with van der Waals surface area (Å²) in [5.41, 5.74) is 0. The summed E-state index contributed by atoms with van der Waals surface area (Å²) in [6.07, 6.45) is 0. The number of benzene rings is 1. The molecule has 2 N–H and O–H groups in total. The molecule has 82 valence electrons. The van der Waals surface area contributed by atoms with E-state index < -0.39 is 11.8 Å². The Morgan fingerprint density at radius 3 is 1.20 bits per heavy atom. The SMILES string of the molecule is CC(=O)C(=O)O.O=CO.c1ccccc1. The van der Waals surface area contributed by atoms with E-state index in [4.69, 9.17) is 15.0 Å². The minimum absolute atomic E-state index is 0.250. The molecule has 0 atom stereocenters. The molecule has 0 aliphatic carbocycles. The van der Waals surface area contributed by atoms with E-state index in [1.807, 2.05) is 36.4 Å². The summed E-state index contributed by atoms with van der Waals surface area (Å²) in [5, 5.41) is 14.5. The van der Waals surface area contributed by atoms with Gasteiger partial charge in [0.15, 0.2) is 0 Å². The molecule has 0 heterocycles. The van der Waals surface area contributed by atoms with Gasteiger partial charge in [0, 0.05) is 6.92 Å². The molecule has 0 aliphatic heterocycles. The molecule has 1 aromatic rings. The average Bonchev–Trinajstić information content (AvgIpc) is 2.22. The number of Topliss-reactive ketones (excluding diaryl/α,β-unsaturated/α-hetero) is 1. The van der Waals surface area contributed by atoms with Crippen LogP contribution in [0.4, 0.5) is 0 Å². The van der Waals surface area contributed by atoms with Crippen LogP contribution < -0.4 is 0 Å². The second-order valence-corrected chi connectivity index (χ2v) is 2.12. The number of aliphatic carboxylic acids is 1. The molecule has 0 radical (unpaired) electrons. The van der Waals surface area contributed by atoms with Gasteiger partial charge in [0.1, 0.15) is 0 Å². The maximum absolute atomic E-state index is 9.54. The topological polar surface area (TPSA) is 91.7 Å². The first kappa shape index (κ1) is 15.3. The number of carbonyl (C=O) groups excluding carboxylic acids is 1. The number of rotatable bonds is 1. The van der Waals surface area contributed by atoms with Gasteiger partial charge in [-0.2, -0.15) is 0 Å². The summed E-state index contributed by atoms with van der Waals surface area (Å²) in [4.78, 5) is 27.3. The molecule has 0 amide bonds. The van der Waals surface area contributed by atoms with Crippen LogP contribution in [0, 0.1) is 0 Å². The molecule has 5 heteroatoms. The van der Waals surface area contributed by atoms with Crippen molar-refractivity contribution in [3.05, 3.63) is 36.4 Å². The number of ketones is 1. The zero-order valence-electron chi connectivity index (χ0n) is 8.16. The predicted octanol–water partition coefficient (Wildman–Crippen LogP) is 1.05. The molecular formula is C10H12O5. The minimum atomic E-state index is -1.38. The Labute approximate surface area is 87.0 Å². The van der Waals surface area contributed by atoms with Crippen LogP contribution in [-0.4, -0.2) is 28.4 Å². The summed E-state index contributed by atoms with van der Waals surface area (Å²) in [6.45, 7) is 0.752. The van der Waals surface area contributed by atoms with Gasteiger partial charge in [0.25, 0.3) is 6.47 Å². The Morgan fingerprint density at radius 2 is 1.13 bits per heavy atom. The van der Waals surface area contributed by atoms with E-state index in [0.717, 1.165) is 6.92 Å². The van der Waals surface area contributed by atoms with Gasteiger partial charge in [0.2, 0.25) is 5.78 Å². The van der Waals surface area contributed by atoms with E-state index in [2.05, 4.69) is 0 Å². The molecular weight excluding hydrogens is 200 g/mol. The van der Waals surface area contributed by atoms with Gasteiger partial charge < -0.3 is 10.2 Å². The largest absolute Gasteiger partial charge is 0.483 e. The second kappa shape index (κ2) is 11.8. The molecule has 0 aromatic heterocycles. The van der Waals surface area contributed by atoms with E-state index in [9.17, 15) is 9.59 Å². The zero-order chi connectivity index (χ0) is 12.1. The van der Waals surface area contributed by atoms with Gasteiger partial charge in [-0.25, -0.2) is 4.79 Å². The van der Waals surface area contributed by atoms with Gasteiger partial charge in [-0.05, 0) is 0 Å². The zero-order valence-corrected chi connectivity index (χ0v) is 8.16. The third kappa shape index (κ3) is 18.6. The Morgan fingerprint density at radius 1 is 1.00 bits per heavy atom. The molecule has 5 nitrogen and oxygen atoms in total. The van der Waals surface area contributed by atoms with E-state index in [1.54, 1.807) is 0 Å². The summed E-state index contributed by atoms with van der Waals surface area (Å²) in [6, 6.07) is 12.0. The van der Waals surface area contributed by atoms with Crippen molar-refractivity contribution in [2.75, 3.05) is 0 Å². The van der Waals surface area contributed by atoms with Crippen molar-refractivity contribution in [2.45, 2.75) is 6.92 Å². The summed E-state index contributed by atoms with van der Waals surface area (Å²) in [7, 11) is 0. The van der Waals surface area contributed by atoms with Crippen molar-refractivity contribution in [2.24, 2.45) is 0 Å². The highest BCUT2D eigenvalue weighted by molar-refractivity contribution is 6.31. The molecule has 0 fully saturated rings. The van der Waals surface area contributed by atoms with Crippen LogP contribution in [0.5, 0.6) is 0 Å². The maximum atomic E-state index is 9.54. The van der Waals surface area contributed by atoms with Crippen LogP contribution in [0.2, 0.25) is 0 Å². The van der Waals surface area contributed by atoms with Gasteiger partial charge in [-0.3, -0.25) is 9.59 Å². The fourth-order valence-electron chi connectivity index (χ4n) is 0.385. The van der Waals surface area contributed by atoms with Crippen molar-refractivity contribution in [1.29, 1.82) is 0 Å². The molecule has 0 spiro atoms. The Balaban J connectivity index is 0. The molecule has 0 saturated carbocycles. The monoisotopic (exact) mass is 212 g/mol. The van der Waals surface area contributed by atoms with Crippen molar-refractivity contribution in [3.8, 4) is 0 Å². The quantitative estimate of drug-likeness (QED) is 0.536. The average molecular weight is 212 g/mol. The second-order valence-electron chi connectivity index (χ2n) is 2.12. The number of carbonyl (C=O) groups is 3. The molecule has 0 bridgehead atoms.